The van der Waals surface area contributed by atoms with Crippen molar-refractivity contribution in [3.05, 3.63) is 30.1 Å². The zero-order chi connectivity index (χ0) is 14.6. The quantitative estimate of drug-likeness (QED) is 0.760. The molecule has 110 valence electrons. The van der Waals surface area contributed by atoms with E-state index < -0.39 is 0 Å². The molecule has 1 aliphatic carbocycles. The molecular weight excluding hydrogens is 275 g/mol. The molecular formula is C15H21FN2OS. The molecule has 0 heterocycles. The number of hydrogen-bond donors (Lipinski definition) is 2. The highest BCUT2D eigenvalue weighted by Crippen LogP contribution is 2.39. The summed E-state index contributed by atoms with van der Waals surface area (Å²) in [5, 5.41) is 3.03. The number of hydrogen-bond acceptors (Lipinski definition) is 3. The number of carbonyl (C=O) groups excluding carboxylic acids is 1. The van der Waals surface area contributed by atoms with Gasteiger partial charge in [-0.05, 0) is 37.8 Å². The number of nitrogens with one attached hydrogen (secondary N) is 1. The minimum absolute atomic E-state index is 0.00584. The lowest BCUT2D eigenvalue weighted by Crippen LogP contribution is -2.53. The van der Waals surface area contributed by atoms with Crippen LogP contribution in [0.5, 0.6) is 0 Å². The summed E-state index contributed by atoms with van der Waals surface area (Å²) >= 11 is 1.37. The van der Waals surface area contributed by atoms with E-state index in [0.717, 1.165) is 12.8 Å². The van der Waals surface area contributed by atoms with E-state index in [2.05, 4.69) is 5.32 Å². The summed E-state index contributed by atoms with van der Waals surface area (Å²) in [6.07, 6.45) is 2.65. The van der Waals surface area contributed by atoms with Gasteiger partial charge in [0, 0.05) is 23.6 Å². The summed E-state index contributed by atoms with van der Waals surface area (Å²) in [5.74, 6) is 0.838. The van der Waals surface area contributed by atoms with Crippen LogP contribution in [0.25, 0.3) is 0 Å². The molecule has 1 aromatic rings. The third-order valence-corrected chi connectivity index (χ3v) is 4.80. The van der Waals surface area contributed by atoms with Crippen LogP contribution in [0.15, 0.2) is 29.2 Å². The van der Waals surface area contributed by atoms with Crippen molar-refractivity contribution in [3.8, 4) is 0 Å². The molecule has 1 fully saturated rings. The van der Waals surface area contributed by atoms with Crippen LogP contribution in [-0.2, 0) is 4.79 Å². The Bertz CT molecular complexity index is 479. The predicted molar refractivity (Wildman–Crippen MR) is 80.1 cm³/mol. The van der Waals surface area contributed by atoms with E-state index in [9.17, 15) is 9.18 Å². The van der Waals surface area contributed by atoms with Gasteiger partial charge in [0.15, 0.2) is 0 Å². The molecule has 2 rings (SSSR count). The topological polar surface area (TPSA) is 55.1 Å². The molecule has 0 radical (unpaired) electrons. The maximum atomic E-state index is 13.4. The van der Waals surface area contributed by atoms with Crippen molar-refractivity contribution in [2.45, 2.75) is 36.6 Å². The second kappa shape index (κ2) is 6.59. The Morgan fingerprint density at radius 3 is 2.80 bits per heavy atom. The third-order valence-electron chi connectivity index (χ3n) is 3.75. The zero-order valence-electron chi connectivity index (χ0n) is 11.7. The minimum Gasteiger partial charge on any atom is -0.349 e. The van der Waals surface area contributed by atoms with Crippen molar-refractivity contribution >= 4 is 17.7 Å². The first kappa shape index (κ1) is 15.3. The molecule has 0 aromatic heterocycles. The molecule has 3 nitrogen and oxygen atoms in total. The molecule has 0 spiro atoms. The van der Waals surface area contributed by atoms with Crippen molar-refractivity contribution in [1.82, 2.24) is 5.32 Å². The van der Waals surface area contributed by atoms with Crippen LogP contribution in [0.2, 0.25) is 0 Å². The van der Waals surface area contributed by atoms with Gasteiger partial charge < -0.3 is 11.1 Å². The van der Waals surface area contributed by atoms with Crippen LogP contribution in [0.4, 0.5) is 4.39 Å². The van der Waals surface area contributed by atoms with Gasteiger partial charge in [-0.1, -0.05) is 12.1 Å². The highest BCUT2D eigenvalue weighted by Gasteiger charge is 2.41. The van der Waals surface area contributed by atoms with Crippen molar-refractivity contribution < 1.29 is 9.18 Å². The van der Waals surface area contributed by atoms with E-state index in [4.69, 9.17) is 5.73 Å². The monoisotopic (exact) mass is 296 g/mol. The zero-order valence-corrected chi connectivity index (χ0v) is 12.5. The van der Waals surface area contributed by atoms with Gasteiger partial charge in [-0.2, -0.15) is 0 Å². The average molecular weight is 296 g/mol. The highest BCUT2D eigenvalue weighted by molar-refractivity contribution is 7.99. The molecule has 1 saturated carbocycles. The fourth-order valence-corrected chi connectivity index (χ4v) is 3.12. The number of halogens is 1. The third kappa shape index (κ3) is 3.96. The van der Waals surface area contributed by atoms with Gasteiger partial charge in [-0.25, -0.2) is 4.39 Å². The lowest BCUT2D eigenvalue weighted by Gasteiger charge is -2.29. The average Bonchev–Trinajstić information content (AvgIpc) is 3.25. The van der Waals surface area contributed by atoms with Crippen LogP contribution < -0.4 is 11.1 Å². The Morgan fingerprint density at radius 2 is 2.20 bits per heavy atom. The molecule has 1 aromatic carbocycles. The van der Waals surface area contributed by atoms with Gasteiger partial charge in [0.25, 0.3) is 0 Å². The number of thioether (sulfide) groups is 1. The molecule has 3 N–H and O–H groups in total. The van der Waals surface area contributed by atoms with E-state index in [-0.39, 0.29) is 17.3 Å². The molecule has 0 saturated heterocycles. The Hall–Kier alpha value is -1.07. The summed E-state index contributed by atoms with van der Waals surface area (Å²) in [6, 6.07) is 6.62. The standard InChI is InChI=1S/C15H21FN2OS/c1-15(10-17,11-6-7-11)18-14(19)8-9-20-13-5-3-2-4-12(13)16/h2-5,11H,6-10,17H2,1H3,(H,18,19). The van der Waals surface area contributed by atoms with Crippen LogP contribution in [-0.4, -0.2) is 23.7 Å². The molecule has 5 heteroatoms. The Labute approximate surface area is 123 Å². The first-order valence-electron chi connectivity index (χ1n) is 6.93. The van der Waals surface area contributed by atoms with Crippen LogP contribution in [0.1, 0.15) is 26.2 Å². The number of carbonyl (C=O) groups is 1. The van der Waals surface area contributed by atoms with Crippen molar-refractivity contribution in [2.24, 2.45) is 11.7 Å². The first-order valence-corrected chi connectivity index (χ1v) is 7.92. The van der Waals surface area contributed by atoms with E-state index in [0.29, 0.717) is 29.5 Å². The van der Waals surface area contributed by atoms with Gasteiger partial charge in [-0.3, -0.25) is 4.79 Å². The van der Waals surface area contributed by atoms with E-state index in [1.165, 1.54) is 17.8 Å². The second-order valence-corrected chi connectivity index (χ2v) is 6.61. The van der Waals surface area contributed by atoms with Gasteiger partial charge in [0.1, 0.15) is 5.82 Å². The van der Waals surface area contributed by atoms with Crippen molar-refractivity contribution in [2.75, 3.05) is 12.3 Å². The van der Waals surface area contributed by atoms with Gasteiger partial charge in [-0.15, -0.1) is 11.8 Å². The molecule has 1 aliphatic rings. The highest BCUT2D eigenvalue weighted by atomic mass is 32.2. The fraction of sp³-hybridized carbons (Fsp3) is 0.533. The van der Waals surface area contributed by atoms with Crippen LogP contribution in [0.3, 0.4) is 0 Å². The van der Waals surface area contributed by atoms with E-state index in [1.54, 1.807) is 18.2 Å². The van der Waals surface area contributed by atoms with Crippen molar-refractivity contribution in [3.63, 3.8) is 0 Å². The SMILES string of the molecule is CC(CN)(NC(=O)CCSc1ccccc1F)C1CC1. The number of amides is 1. The molecule has 20 heavy (non-hydrogen) atoms. The number of rotatable bonds is 7. The molecule has 0 aliphatic heterocycles. The Morgan fingerprint density at radius 1 is 1.50 bits per heavy atom. The normalized spacial score (nSPS) is 17.6. The maximum Gasteiger partial charge on any atom is 0.221 e. The summed E-state index contributed by atoms with van der Waals surface area (Å²) < 4.78 is 13.4. The number of benzene rings is 1. The number of nitrogens with two attached hydrogens (primary N) is 1. The molecule has 0 bridgehead atoms. The van der Waals surface area contributed by atoms with Crippen LogP contribution in [0, 0.1) is 11.7 Å². The lowest BCUT2D eigenvalue weighted by molar-refractivity contribution is -0.122. The predicted octanol–water partition coefficient (Wildman–Crippen LogP) is 2.55. The summed E-state index contributed by atoms with van der Waals surface area (Å²) in [7, 11) is 0. The maximum absolute atomic E-state index is 13.4. The van der Waals surface area contributed by atoms with Gasteiger partial charge in [0.2, 0.25) is 5.91 Å². The van der Waals surface area contributed by atoms with Crippen LogP contribution >= 0.6 is 11.8 Å². The Balaban J connectivity index is 1.77. The summed E-state index contributed by atoms with van der Waals surface area (Å²) in [6.45, 7) is 2.47. The molecule has 1 unspecified atom stereocenters. The summed E-state index contributed by atoms with van der Waals surface area (Å²) in [4.78, 5) is 12.5. The minimum atomic E-state index is -0.278. The first-order chi connectivity index (χ1) is 9.55. The largest absolute Gasteiger partial charge is 0.349 e. The van der Waals surface area contributed by atoms with Gasteiger partial charge >= 0.3 is 0 Å². The van der Waals surface area contributed by atoms with E-state index >= 15 is 0 Å². The fourth-order valence-electron chi connectivity index (χ4n) is 2.24. The summed E-state index contributed by atoms with van der Waals surface area (Å²) in [5.41, 5.74) is 5.49. The van der Waals surface area contributed by atoms with Crippen molar-refractivity contribution in [1.29, 1.82) is 0 Å². The lowest BCUT2D eigenvalue weighted by atomic mass is 9.96. The smallest absolute Gasteiger partial charge is 0.221 e. The second-order valence-electron chi connectivity index (χ2n) is 5.47. The molecule has 1 amide bonds. The molecule has 1 atom stereocenters. The van der Waals surface area contributed by atoms with Gasteiger partial charge in [0.05, 0.1) is 5.54 Å². The Kier molecular flexibility index (Phi) is 5.05. The van der Waals surface area contributed by atoms with E-state index in [1.807, 2.05) is 6.92 Å².